The Morgan fingerprint density at radius 1 is 0.786 bits per heavy atom. The number of carbonyl (C=O) groups is 1. The van der Waals surface area contributed by atoms with Crippen LogP contribution in [0.1, 0.15) is 103 Å². The Kier molecular flexibility index (Phi) is 19.1. The second kappa shape index (κ2) is 20.2. The lowest BCUT2D eigenvalue weighted by atomic mass is 10.0. The van der Waals surface area contributed by atoms with Crippen molar-refractivity contribution >= 4 is 11.7 Å². The van der Waals surface area contributed by atoms with Gasteiger partial charge in [0, 0.05) is 5.69 Å². The van der Waals surface area contributed by atoms with E-state index in [0.717, 1.165) is 18.5 Å². The molecule has 0 saturated heterocycles. The number of carboxylic acids is 1. The maximum Gasteiger partial charge on any atom is 0.332 e. The van der Waals surface area contributed by atoms with Crippen LogP contribution in [0.3, 0.4) is 0 Å². The predicted octanol–water partition coefficient (Wildman–Crippen LogP) is 6.57. The molecule has 0 aromatic heterocycles. The normalized spacial score (nSPS) is 11.5. The van der Waals surface area contributed by atoms with E-state index in [4.69, 9.17) is 15.9 Å². The van der Waals surface area contributed by atoms with Crippen LogP contribution in [0, 0.1) is 0 Å². The van der Waals surface area contributed by atoms with E-state index in [-0.39, 0.29) is 0 Å². The molecule has 0 heterocycles. The summed E-state index contributed by atoms with van der Waals surface area (Å²) in [5.41, 5.74) is 6.18. The maximum atomic E-state index is 10.4. The maximum absolute atomic E-state index is 10.4. The number of rotatable bonds is 16. The Bertz CT molecular complexity index is 450. The Balaban J connectivity index is 0.000000861. The van der Waals surface area contributed by atoms with Crippen molar-refractivity contribution in [3.05, 3.63) is 30.3 Å². The monoisotopic (exact) mass is 393 g/mol. The quantitative estimate of drug-likeness (QED) is 0.219. The van der Waals surface area contributed by atoms with Crippen LogP contribution in [-0.2, 0) is 4.79 Å². The first-order valence-corrected chi connectivity index (χ1v) is 11.3. The fourth-order valence-corrected chi connectivity index (χ4v) is 3.11. The van der Waals surface area contributed by atoms with Gasteiger partial charge in [-0.1, -0.05) is 115 Å². The van der Waals surface area contributed by atoms with E-state index in [0.29, 0.717) is 6.42 Å². The summed E-state index contributed by atoms with van der Waals surface area (Å²) in [6.07, 6.45) is 17.3. The molecule has 162 valence electrons. The van der Waals surface area contributed by atoms with Gasteiger partial charge in [-0.25, -0.2) is 4.79 Å². The largest absolute Gasteiger partial charge is 0.479 e. The van der Waals surface area contributed by atoms with E-state index in [1.807, 2.05) is 30.3 Å². The van der Waals surface area contributed by atoms with Crippen molar-refractivity contribution in [2.75, 3.05) is 5.73 Å². The summed E-state index contributed by atoms with van der Waals surface area (Å²) < 4.78 is 0. The average molecular weight is 394 g/mol. The highest BCUT2D eigenvalue weighted by atomic mass is 16.4. The average Bonchev–Trinajstić information content (AvgIpc) is 2.69. The van der Waals surface area contributed by atoms with Gasteiger partial charge in [0.2, 0.25) is 0 Å². The smallest absolute Gasteiger partial charge is 0.332 e. The molecule has 0 radical (unpaired) electrons. The molecule has 1 aromatic carbocycles. The van der Waals surface area contributed by atoms with Gasteiger partial charge in [-0.3, -0.25) is 0 Å². The van der Waals surface area contributed by atoms with E-state index in [9.17, 15) is 4.79 Å². The minimum atomic E-state index is -1.16. The highest BCUT2D eigenvalue weighted by Crippen LogP contribution is 2.13. The number of aliphatic hydroxyl groups excluding tert-OH is 1. The number of unbranched alkanes of at least 4 members (excludes halogenated alkanes) is 13. The highest BCUT2D eigenvalue weighted by Gasteiger charge is 2.11. The summed E-state index contributed by atoms with van der Waals surface area (Å²) >= 11 is 0. The van der Waals surface area contributed by atoms with Crippen molar-refractivity contribution in [1.29, 1.82) is 0 Å². The summed E-state index contributed by atoms with van der Waals surface area (Å²) in [5, 5.41) is 17.7. The van der Waals surface area contributed by atoms with Crippen LogP contribution in [0.25, 0.3) is 0 Å². The van der Waals surface area contributed by atoms with Gasteiger partial charge < -0.3 is 15.9 Å². The summed E-state index contributed by atoms with van der Waals surface area (Å²) in [5.74, 6) is -1.09. The number of aliphatic hydroxyl groups is 1. The molecule has 0 fully saturated rings. The Labute approximate surface area is 172 Å². The Morgan fingerprint density at radius 3 is 1.50 bits per heavy atom. The van der Waals surface area contributed by atoms with Crippen molar-refractivity contribution in [2.24, 2.45) is 0 Å². The molecule has 4 nitrogen and oxygen atoms in total. The van der Waals surface area contributed by atoms with Gasteiger partial charge in [0.05, 0.1) is 0 Å². The molecule has 0 saturated carbocycles. The zero-order valence-electron chi connectivity index (χ0n) is 18.0. The van der Waals surface area contributed by atoms with Gasteiger partial charge in [0.1, 0.15) is 0 Å². The second-order valence-corrected chi connectivity index (χ2v) is 7.65. The van der Waals surface area contributed by atoms with Gasteiger partial charge in [-0.2, -0.15) is 0 Å². The van der Waals surface area contributed by atoms with Gasteiger partial charge >= 0.3 is 5.97 Å². The zero-order chi connectivity index (χ0) is 20.9. The summed E-state index contributed by atoms with van der Waals surface area (Å²) in [6.45, 7) is 2.26. The van der Waals surface area contributed by atoms with E-state index in [1.165, 1.54) is 77.0 Å². The zero-order valence-corrected chi connectivity index (χ0v) is 18.0. The molecule has 4 heteroatoms. The number of anilines is 1. The number of hydrogen-bond donors (Lipinski definition) is 3. The molecule has 1 rings (SSSR count). The second-order valence-electron chi connectivity index (χ2n) is 7.65. The van der Waals surface area contributed by atoms with Crippen LogP contribution in [-0.4, -0.2) is 22.3 Å². The highest BCUT2D eigenvalue weighted by molar-refractivity contribution is 5.71. The number of hydrogen-bond acceptors (Lipinski definition) is 3. The first kappa shape index (κ1) is 26.4. The third kappa shape index (κ3) is 19.2. The number of carboxylic acid groups (broad SMARTS) is 1. The third-order valence-corrected chi connectivity index (χ3v) is 4.92. The van der Waals surface area contributed by atoms with Crippen molar-refractivity contribution in [2.45, 2.75) is 109 Å². The topological polar surface area (TPSA) is 83.5 Å². The minimum Gasteiger partial charge on any atom is -0.479 e. The Hall–Kier alpha value is -1.55. The number of nitrogen functional groups attached to an aromatic ring is 1. The van der Waals surface area contributed by atoms with Crippen LogP contribution in [0.4, 0.5) is 5.69 Å². The van der Waals surface area contributed by atoms with Gasteiger partial charge in [-0.15, -0.1) is 0 Å². The number of nitrogens with two attached hydrogens (primary N) is 1. The molecular formula is C24H43NO3. The first-order valence-electron chi connectivity index (χ1n) is 11.3. The van der Waals surface area contributed by atoms with Crippen LogP contribution in [0.2, 0.25) is 0 Å². The molecule has 28 heavy (non-hydrogen) atoms. The number of aliphatic carboxylic acids is 1. The number of benzene rings is 1. The van der Waals surface area contributed by atoms with E-state index < -0.39 is 12.1 Å². The van der Waals surface area contributed by atoms with Crippen molar-refractivity contribution in [3.8, 4) is 0 Å². The standard InChI is InChI=1S/C18H36O3.C6H7N/c1-2-3-4-5-6-7-8-9-10-11-12-13-14-15-16-17(19)18(20)21;7-6-4-2-1-3-5-6/h17,19H,2-16H2,1H3,(H,20,21);1-5H,7H2. The SMILES string of the molecule is CCCCCCCCCCCCCCCCC(O)C(=O)O.Nc1ccccc1. The third-order valence-electron chi connectivity index (χ3n) is 4.92. The van der Waals surface area contributed by atoms with Crippen molar-refractivity contribution in [3.63, 3.8) is 0 Å². The molecular weight excluding hydrogens is 350 g/mol. The first-order chi connectivity index (χ1) is 13.6. The number of para-hydroxylation sites is 1. The molecule has 0 bridgehead atoms. The van der Waals surface area contributed by atoms with Gasteiger partial charge in [0.15, 0.2) is 6.10 Å². The van der Waals surface area contributed by atoms with E-state index in [2.05, 4.69) is 6.92 Å². The Morgan fingerprint density at radius 2 is 1.18 bits per heavy atom. The molecule has 1 aromatic rings. The molecule has 4 N–H and O–H groups in total. The lowest BCUT2D eigenvalue weighted by Crippen LogP contribution is -2.18. The predicted molar refractivity (Wildman–Crippen MR) is 119 cm³/mol. The lowest BCUT2D eigenvalue weighted by Gasteiger charge is -2.05. The lowest BCUT2D eigenvalue weighted by molar-refractivity contribution is -0.146. The van der Waals surface area contributed by atoms with E-state index in [1.54, 1.807) is 0 Å². The summed E-state index contributed by atoms with van der Waals surface area (Å²) in [7, 11) is 0. The molecule has 1 unspecified atom stereocenters. The van der Waals surface area contributed by atoms with Crippen molar-refractivity contribution < 1.29 is 15.0 Å². The van der Waals surface area contributed by atoms with Crippen LogP contribution >= 0.6 is 0 Å². The summed E-state index contributed by atoms with van der Waals surface area (Å²) in [6, 6.07) is 9.49. The van der Waals surface area contributed by atoms with Gasteiger partial charge in [0.25, 0.3) is 0 Å². The van der Waals surface area contributed by atoms with Gasteiger partial charge in [-0.05, 0) is 18.6 Å². The van der Waals surface area contributed by atoms with Crippen LogP contribution in [0.5, 0.6) is 0 Å². The molecule has 0 amide bonds. The molecule has 0 aliphatic carbocycles. The molecule has 1 atom stereocenters. The minimum absolute atomic E-state index is 0.396. The molecule has 0 spiro atoms. The summed E-state index contributed by atoms with van der Waals surface area (Å²) in [4.78, 5) is 10.4. The van der Waals surface area contributed by atoms with Crippen LogP contribution < -0.4 is 5.73 Å². The molecule has 0 aliphatic rings. The molecule has 0 aliphatic heterocycles. The van der Waals surface area contributed by atoms with Crippen molar-refractivity contribution in [1.82, 2.24) is 0 Å². The van der Waals surface area contributed by atoms with E-state index >= 15 is 0 Å². The van der Waals surface area contributed by atoms with Crippen LogP contribution in [0.15, 0.2) is 30.3 Å². The fraction of sp³-hybridized carbons (Fsp3) is 0.708. The fourth-order valence-electron chi connectivity index (χ4n) is 3.11.